The molecule has 6 nitrogen and oxygen atoms in total. The number of carbonyl (C=O) groups excluding carboxylic acids is 2. The summed E-state index contributed by atoms with van der Waals surface area (Å²) in [6.45, 7) is 0.563. The number of amides is 1. The van der Waals surface area contributed by atoms with Crippen LogP contribution in [0, 0.1) is 0 Å². The predicted molar refractivity (Wildman–Crippen MR) is 96.5 cm³/mol. The lowest BCUT2D eigenvalue weighted by atomic mass is 10.2. The van der Waals surface area contributed by atoms with E-state index in [4.69, 9.17) is 14.2 Å². The van der Waals surface area contributed by atoms with Crippen LogP contribution in [0.4, 0.5) is 4.79 Å². The van der Waals surface area contributed by atoms with Crippen molar-refractivity contribution in [3.8, 4) is 0 Å². The van der Waals surface area contributed by atoms with E-state index in [1.54, 1.807) is 0 Å². The first-order valence-corrected chi connectivity index (χ1v) is 8.35. The molecule has 2 aromatic rings. The van der Waals surface area contributed by atoms with Gasteiger partial charge in [0.15, 0.2) is 6.04 Å². The smallest absolute Gasteiger partial charge is 0.408 e. The van der Waals surface area contributed by atoms with Crippen LogP contribution in [0.2, 0.25) is 0 Å². The van der Waals surface area contributed by atoms with E-state index in [0.717, 1.165) is 11.1 Å². The molecule has 1 N–H and O–H groups in total. The maximum absolute atomic E-state index is 11.9. The van der Waals surface area contributed by atoms with Crippen LogP contribution in [0.3, 0.4) is 0 Å². The average Bonchev–Trinajstić information content (AvgIpc) is 2.69. The van der Waals surface area contributed by atoms with Gasteiger partial charge in [-0.05, 0) is 17.5 Å². The number of nitrogens with one attached hydrogen (secondary N) is 1. The van der Waals surface area contributed by atoms with Crippen LogP contribution in [-0.2, 0) is 32.0 Å². The van der Waals surface area contributed by atoms with Crippen molar-refractivity contribution in [2.45, 2.75) is 19.1 Å². The lowest BCUT2D eigenvalue weighted by Gasteiger charge is -2.16. The summed E-state index contributed by atoms with van der Waals surface area (Å²) in [5.41, 5.74) is 1.99. The molecule has 0 fully saturated rings. The summed E-state index contributed by atoms with van der Waals surface area (Å²) >= 11 is 0. The highest BCUT2D eigenvalue weighted by Gasteiger charge is 2.22. The van der Waals surface area contributed by atoms with Gasteiger partial charge in [-0.2, -0.15) is 0 Å². The highest BCUT2D eigenvalue weighted by atomic mass is 16.6. The van der Waals surface area contributed by atoms with Crippen molar-refractivity contribution in [1.29, 1.82) is 0 Å². The number of alkyl carbamates (subject to hydrolysis) is 1. The van der Waals surface area contributed by atoms with E-state index in [-0.39, 0.29) is 13.2 Å². The quantitative estimate of drug-likeness (QED) is 0.552. The molecule has 2 aromatic carbocycles. The largest absolute Gasteiger partial charge is 0.467 e. The molecule has 0 saturated carbocycles. The molecule has 0 heterocycles. The molecule has 0 spiro atoms. The van der Waals surface area contributed by atoms with E-state index in [1.165, 1.54) is 7.11 Å². The number of benzene rings is 2. The minimum absolute atomic E-state index is 0.0138. The Kier molecular flexibility index (Phi) is 8.15. The van der Waals surface area contributed by atoms with Crippen LogP contribution in [-0.4, -0.2) is 38.4 Å². The maximum atomic E-state index is 11.9. The van der Waals surface area contributed by atoms with Gasteiger partial charge in [0.2, 0.25) is 0 Å². The van der Waals surface area contributed by atoms with Crippen molar-refractivity contribution in [1.82, 2.24) is 5.32 Å². The number of rotatable bonds is 9. The molecule has 6 heteroatoms. The Morgan fingerprint density at radius 2 is 1.58 bits per heavy atom. The van der Waals surface area contributed by atoms with Crippen LogP contribution in [0.15, 0.2) is 60.7 Å². The zero-order valence-electron chi connectivity index (χ0n) is 14.7. The third-order valence-corrected chi connectivity index (χ3v) is 3.65. The first-order valence-electron chi connectivity index (χ1n) is 8.35. The molecule has 0 saturated heterocycles. The van der Waals surface area contributed by atoms with E-state index in [2.05, 4.69) is 5.32 Å². The molecule has 0 aliphatic carbocycles. The molecule has 0 aliphatic heterocycles. The second-order valence-corrected chi connectivity index (χ2v) is 5.59. The molecule has 1 atom stereocenters. The van der Waals surface area contributed by atoms with E-state index in [1.807, 2.05) is 60.7 Å². The monoisotopic (exact) mass is 357 g/mol. The van der Waals surface area contributed by atoms with Crippen molar-refractivity contribution in [2.75, 3.05) is 20.3 Å². The Hall–Kier alpha value is -2.86. The van der Waals surface area contributed by atoms with Gasteiger partial charge in [-0.1, -0.05) is 60.7 Å². The third-order valence-electron chi connectivity index (χ3n) is 3.65. The number of carbonyl (C=O) groups is 2. The lowest BCUT2D eigenvalue weighted by Crippen LogP contribution is -2.45. The summed E-state index contributed by atoms with van der Waals surface area (Å²) in [5.74, 6) is -0.582. The van der Waals surface area contributed by atoms with Gasteiger partial charge in [0.1, 0.15) is 6.61 Å². The number of methoxy groups -OCH3 is 1. The molecule has 0 bridgehead atoms. The highest BCUT2D eigenvalue weighted by molar-refractivity contribution is 5.81. The zero-order valence-corrected chi connectivity index (χ0v) is 14.7. The van der Waals surface area contributed by atoms with Crippen LogP contribution < -0.4 is 5.32 Å². The fourth-order valence-corrected chi connectivity index (χ4v) is 2.25. The average molecular weight is 357 g/mol. The predicted octanol–water partition coefficient (Wildman–Crippen LogP) is 2.71. The van der Waals surface area contributed by atoms with Gasteiger partial charge in [-0.3, -0.25) is 0 Å². The molecule has 1 unspecified atom stereocenters. The number of esters is 1. The van der Waals surface area contributed by atoms with Crippen molar-refractivity contribution in [3.05, 3.63) is 71.8 Å². The fraction of sp³-hybridized carbons (Fsp3) is 0.300. The summed E-state index contributed by atoms with van der Waals surface area (Å²) in [6, 6.07) is 18.2. The SMILES string of the molecule is COC(=O)C(COCCc1ccccc1)NC(=O)OCc1ccccc1. The van der Waals surface area contributed by atoms with Crippen molar-refractivity contribution >= 4 is 12.1 Å². The van der Waals surface area contributed by atoms with Gasteiger partial charge in [0.05, 0.1) is 20.3 Å². The molecule has 1 amide bonds. The molecule has 0 aromatic heterocycles. The minimum Gasteiger partial charge on any atom is -0.467 e. The minimum atomic E-state index is -0.918. The summed E-state index contributed by atoms with van der Waals surface area (Å²) in [6.07, 6.45) is 0.0172. The number of hydrogen-bond donors (Lipinski definition) is 1. The Bertz CT molecular complexity index is 675. The summed E-state index contributed by atoms with van der Waals surface area (Å²) < 4.78 is 15.3. The second kappa shape index (κ2) is 10.9. The molecule has 138 valence electrons. The van der Waals surface area contributed by atoms with Gasteiger partial charge in [-0.25, -0.2) is 9.59 Å². The maximum Gasteiger partial charge on any atom is 0.408 e. The van der Waals surface area contributed by atoms with E-state index in [0.29, 0.717) is 13.0 Å². The zero-order chi connectivity index (χ0) is 18.6. The van der Waals surface area contributed by atoms with Gasteiger partial charge in [0.25, 0.3) is 0 Å². The van der Waals surface area contributed by atoms with Gasteiger partial charge in [-0.15, -0.1) is 0 Å². The fourth-order valence-electron chi connectivity index (χ4n) is 2.25. The van der Waals surface area contributed by atoms with Crippen molar-refractivity contribution in [3.63, 3.8) is 0 Å². The van der Waals surface area contributed by atoms with E-state index < -0.39 is 18.1 Å². The molecular weight excluding hydrogens is 334 g/mol. The van der Waals surface area contributed by atoms with E-state index in [9.17, 15) is 9.59 Å². The molecule has 0 aliphatic rings. The molecule has 2 rings (SSSR count). The molecule has 26 heavy (non-hydrogen) atoms. The van der Waals surface area contributed by atoms with Crippen LogP contribution >= 0.6 is 0 Å². The van der Waals surface area contributed by atoms with Crippen molar-refractivity contribution < 1.29 is 23.8 Å². The van der Waals surface area contributed by atoms with Crippen LogP contribution in [0.5, 0.6) is 0 Å². The highest BCUT2D eigenvalue weighted by Crippen LogP contribution is 2.02. The van der Waals surface area contributed by atoms with Gasteiger partial charge >= 0.3 is 12.1 Å². The number of hydrogen-bond acceptors (Lipinski definition) is 5. The van der Waals surface area contributed by atoms with Crippen molar-refractivity contribution in [2.24, 2.45) is 0 Å². The van der Waals surface area contributed by atoms with Gasteiger partial charge < -0.3 is 19.5 Å². The summed E-state index contributed by atoms with van der Waals surface area (Å²) in [5, 5.41) is 2.48. The van der Waals surface area contributed by atoms with E-state index >= 15 is 0 Å². The van der Waals surface area contributed by atoms with Crippen LogP contribution in [0.25, 0.3) is 0 Å². The number of ether oxygens (including phenoxy) is 3. The first-order chi connectivity index (χ1) is 12.7. The first kappa shape index (κ1) is 19.5. The Balaban J connectivity index is 1.75. The Morgan fingerprint density at radius 3 is 2.19 bits per heavy atom. The topological polar surface area (TPSA) is 73.9 Å². The second-order valence-electron chi connectivity index (χ2n) is 5.59. The van der Waals surface area contributed by atoms with Gasteiger partial charge in [0, 0.05) is 0 Å². The molecular formula is C20H23NO5. The third kappa shape index (κ3) is 6.94. The summed E-state index contributed by atoms with van der Waals surface area (Å²) in [7, 11) is 1.26. The standard InChI is InChI=1S/C20H23NO5/c1-24-19(22)18(15-25-13-12-16-8-4-2-5-9-16)21-20(23)26-14-17-10-6-3-7-11-17/h2-11,18H,12-15H2,1H3,(H,21,23). The Morgan fingerprint density at radius 1 is 0.962 bits per heavy atom. The normalized spacial score (nSPS) is 11.4. The van der Waals surface area contributed by atoms with Crippen LogP contribution in [0.1, 0.15) is 11.1 Å². The Labute approximate surface area is 153 Å². The lowest BCUT2D eigenvalue weighted by molar-refractivity contribution is -0.144. The summed E-state index contributed by atoms with van der Waals surface area (Å²) in [4.78, 5) is 23.7. The molecule has 0 radical (unpaired) electrons.